The molecule has 0 fully saturated rings. The average Bonchev–Trinajstić information content (AvgIpc) is 2.67. The number of nitro groups is 1. The van der Waals surface area contributed by atoms with Crippen LogP contribution in [0.25, 0.3) is 0 Å². The molecule has 0 aliphatic carbocycles. The lowest BCUT2D eigenvalue weighted by atomic mass is 10.0. The van der Waals surface area contributed by atoms with Crippen LogP contribution in [0.3, 0.4) is 0 Å². The number of carbonyl (C=O) groups is 1. The number of carbonyl (C=O) groups excluding carboxylic acids is 1. The first-order valence-corrected chi connectivity index (χ1v) is 10.5. The van der Waals surface area contributed by atoms with Crippen molar-refractivity contribution in [1.82, 2.24) is 4.31 Å². The highest BCUT2D eigenvalue weighted by atomic mass is 35.5. The van der Waals surface area contributed by atoms with Crippen molar-refractivity contribution >= 4 is 38.9 Å². The number of nitrogens with one attached hydrogen (secondary N) is 1. The smallest absolute Gasteiger partial charge is 0.288 e. The fourth-order valence-corrected chi connectivity index (χ4v) is 4.28. The maximum atomic E-state index is 12.5. The lowest BCUT2D eigenvalue weighted by Gasteiger charge is -2.28. The predicted molar refractivity (Wildman–Crippen MR) is 106 cm³/mol. The van der Waals surface area contributed by atoms with Gasteiger partial charge >= 0.3 is 0 Å². The summed E-state index contributed by atoms with van der Waals surface area (Å²) in [5.74, 6) is -0.484. The van der Waals surface area contributed by atoms with E-state index in [0.29, 0.717) is 18.7 Å². The first kappa shape index (κ1) is 20.2. The molecule has 10 heteroatoms. The number of benzene rings is 2. The Labute approximate surface area is 167 Å². The van der Waals surface area contributed by atoms with Gasteiger partial charge in [0.25, 0.3) is 11.6 Å². The van der Waals surface area contributed by atoms with Gasteiger partial charge in [-0.05, 0) is 48.7 Å². The zero-order valence-electron chi connectivity index (χ0n) is 15.0. The molecule has 0 bridgehead atoms. The Morgan fingerprint density at radius 3 is 2.68 bits per heavy atom. The number of sulfonamides is 1. The van der Waals surface area contributed by atoms with Crippen LogP contribution in [0, 0.1) is 10.1 Å². The van der Waals surface area contributed by atoms with Gasteiger partial charge in [-0.25, -0.2) is 8.42 Å². The summed E-state index contributed by atoms with van der Waals surface area (Å²) < 4.78 is 25.7. The molecule has 0 saturated carbocycles. The van der Waals surface area contributed by atoms with Crippen LogP contribution in [-0.2, 0) is 23.0 Å². The van der Waals surface area contributed by atoms with Gasteiger partial charge in [0.05, 0.1) is 10.7 Å². The fourth-order valence-electron chi connectivity index (χ4n) is 3.03. The van der Waals surface area contributed by atoms with Crippen LogP contribution >= 0.6 is 11.6 Å². The molecular weight excluding hydrogens is 406 g/mol. The summed E-state index contributed by atoms with van der Waals surface area (Å²) in [7, 11) is -3.29. The molecule has 2 aromatic rings. The van der Waals surface area contributed by atoms with Crippen LogP contribution in [0.5, 0.6) is 0 Å². The van der Waals surface area contributed by atoms with Crippen LogP contribution in [0.1, 0.15) is 28.4 Å². The topological polar surface area (TPSA) is 110 Å². The first-order valence-electron chi connectivity index (χ1n) is 8.56. The number of amides is 1. The van der Waals surface area contributed by atoms with Gasteiger partial charge in [0, 0.05) is 30.4 Å². The fraction of sp³-hybridized carbons (Fsp3) is 0.278. The second-order valence-corrected chi connectivity index (χ2v) is 9.01. The molecule has 0 saturated heterocycles. The summed E-state index contributed by atoms with van der Waals surface area (Å²) in [5.41, 5.74) is 2.09. The van der Waals surface area contributed by atoms with Gasteiger partial charge in [-0.15, -0.1) is 0 Å². The maximum absolute atomic E-state index is 12.5. The molecule has 2 aromatic carbocycles. The standard InChI is InChI=1S/C18H18ClN3O5S/c1-2-28(26,27)21-8-7-12-3-5-15(9-14(12)11-21)20-18(23)13-4-6-16(19)17(10-13)22(24)25/h3-6,9-10H,2,7-8,11H2,1H3,(H,20,23). The highest BCUT2D eigenvalue weighted by Crippen LogP contribution is 2.27. The van der Waals surface area contributed by atoms with Gasteiger partial charge in [0.1, 0.15) is 5.02 Å². The molecule has 28 heavy (non-hydrogen) atoms. The van der Waals surface area contributed by atoms with Crippen LogP contribution in [0.2, 0.25) is 5.02 Å². The molecule has 0 atom stereocenters. The SMILES string of the molecule is CCS(=O)(=O)N1CCc2ccc(NC(=O)c3ccc(Cl)c([N+](=O)[O-])c3)cc2C1. The van der Waals surface area contributed by atoms with E-state index in [9.17, 15) is 23.3 Å². The molecule has 1 aliphatic rings. The van der Waals surface area contributed by atoms with Crippen molar-refractivity contribution in [2.24, 2.45) is 0 Å². The van der Waals surface area contributed by atoms with Gasteiger partial charge < -0.3 is 5.32 Å². The Kier molecular flexibility index (Phi) is 5.69. The Morgan fingerprint density at radius 2 is 2.00 bits per heavy atom. The third-order valence-electron chi connectivity index (χ3n) is 4.60. The second-order valence-electron chi connectivity index (χ2n) is 6.35. The van der Waals surface area contributed by atoms with Gasteiger partial charge in [0.2, 0.25) is 10.0 Å². The molecule has 0 unspecified atom stereocenters. The Hall–Kier alpha value is -2.49. The van der Waals surface area contributed by atoms with E-state index in [0.717, 1.165) is 17.2 Å². The van der Waals surface area contributed by atoms with Crippen LogP contribution in [0.15, 0.2) is 36.4 Å². The van der Waals surface area contributed by atoms with E-state index >= 15 is 0 Å². The van der Waals surface area contributed by atoms with E-state index in [-0.39, 0.29) is 28.6 Å². The molecule has 1 heterocycles. The second kappa shape index (κ2) is 7.86. The predicted octanol–water partition coefficient (Wildman–Crippen LogP) is 3.21. The molecule has 0 aromatic heterocycles. The van der Waals surface area contributed by atoms with Crippen LogP contribution < -0.4 is 5.32 Å². The number of nitro benzene ring substituents is 1. The average molecular weight is 424 g/mol. The molecule has 148 valence electrons. The summed E-state index contributed by atoms with van der Waals surface area (Å²) in [6.07, 6.45) is 0.603. The monoisotopic (exact) mass is 423 g/mol. The van der Waals surface area contributed by atoms with Crippen molar-refractivity contribution < 1.29 is 18.1 Å². The first-order chi connectivity index (χ1) is 13.2. The molecule has 1 amide bonds. The normalized spacial score (nSPS) is 14.4. The van der Waals surface area contributed by atoms with E-state index < -0.39 is 20.9 Å². The molecule has 1 N–H and O–H groups in total. The third-order valence-corrected chi connectivity index (χ3v) is 6.75. The molecule has 8 nitrogen and oxygen atoms in total. The van der Waals surface area contributed by atoms with Crippen molar-refractivity contribution in [3.8, 4) is 0 Å². The van der Waals surface area contributed by atoms with E-state index in [2.05, 4.69) is 5.32 Å². The minimum Gasteiger partial charge on any atom is -0.322 e. The van der Waals surface area contributed by atoms with Gasteiger partial charge in [-0.2, -0.15) is 4.31 Å². The van der Waals surface area contributed by atoms with Crippen LogP contribution in [0.4, 0.5) is 11.4 Å². The van der Waals surface area contributed by atoms with Gasteiger partial charge in [-0.3, -0.25) is 14.9 Å². The van der Waals surface area contributed by atoms with Crippen molar-refractivity contribution in [3.05, 3.63) is 68.2 Å². The van der Waals surface area contributed by atoms with Crippen molar-refractivity contribution in [3.63, 3.8) is 0 Å². The van der Waals surface area contributed by atoms with Gasteiger partial charge in [-0.1, -0.05) is 17.7 Å². The molecule has 1 aliphatic heterocycles. The van der Waals surface area contributed by atoms with Crippen molar-refractivity contribution in [1.29, 1.82) is 0 Å². The van der Waals surface area contributed by atoms with E-state index in [4.69, 9.17) is 11.6 Å². The largest absolute Gasteiger partial charge is 0.322 e. The summed E-state index contributed by atoms with van der Waals surface area (Å²) in [4.78, 5) is 22.8. The van der Waals surface area contributed by atoms with Crippen molar-refractivity contribution in [2.45, 2.75) is 19.9 Å². The molecular formula is C18H18ClN3O5S. The number of fused-ring (bicyclic) bond motifs is 1. The Morgan fingerprint density at radius 1 is 1.25 bits per heavy atom. The zero-order valence-corrected chi connectivity index (χ0v) is 16.6. The summed E-state index contributed by atoms with van der Waals surface area (Å²) in [6, 6.07) is 9.13. The Bertz CT molecular complexity index is 1060. The minimum atomic E-state index is -3.29. The number of nitrogens with zero attached hydrogens (tertiary/aromatic N) is 2. The summed E-state index contributed by atoms with van der Waals surface area (Å²) in [6.45, 7) is 2.29. The van der Waals surface area contributed by atoms with Crippen molar-refractivity contribution in [2.75, 3.05) is 17.6 Å². The number of hydrogen-bond donors (Lipinski definition) is 1. The zero-order chi connectivity index (χ0) is 20.5. The lowest BCUT2D eigenvalue weighted by Crippen LogP contribution is -2.36. The number of halogens is 1. The summed E-state index contributed by atoms with van der Waals surface area (Å²) in [5, 5.41) is 13.6. The van der Waals surface area contributed by atoms with Crippen LogP contribution in [-0.4, -0.2) is 35.9 Å². The highest BCUT2D eigenvalue weighted by Gasteiger charge is 2.25. The number of hydrogen-bond acceptors (Lipinski definition) is 5. The lowest BCUT2D eigenvalue weighted by molar-refractivity contribution is -0.384. The number of rotatable bonds is 5. The summed E-state index contributed by atoms with van der Waals surface area (Å²) >= 11 is 5.77. The molecule has 0 radical (unpaired) electrons. The maximum Gasteiger partial charge on any atom is 0.288 e. The van der Waals surface area contributed by atoms with E-state index in [1.807, 2.05) is 6.07 Å². The van der Waals surface area contributed by atoms with E-state index in [1.54, 1.807) is 19.1 Å². The van der Waals surface area contributed by atoms with Gasteiger partial charge in [0.15, 0.2) is 0 Å². The third kappa shape index (κ3) is 4.16. The van der Waals surface area contributed by atoms with E-state index in [1.165, 1.54) is 16.4 Å². The quantitative estimate of drug-likeness (QED) is 0.586. The molecule has 0 spiro atoms. The highest BCUT2D eigenvalue weighted by molar-refractivity contribution is 7.89. The minimum absolute atomic E-state index is 0.0358. The number of anilines is 1. The molecule has 3 rings (SSSR count). The Balaban J connectivity index is 1.81.